The van der Waals surface area contributed by atoms with Crippen LogP contribution in [0.2, 0.25) is 0 Å². The van der Waals surface area contributed by atoms with Gasteiger partial charge in [0.15, 0.2) is 6.61 Å². The molecular formula is C24H26N2O4. The molecule has 0 unspecified atom stereocenters. The first-order valence-corrected chi connectivity index (χ1v) is 10.2. The zero-order chi connectivity index (χ0) is 21.5. The van der Waals surface area contributed by atoms with Gasteiger partial charge in [0.05, 0.1) is 6.26 Å². The highest BCUT2D eigenvalue weighted by atomic mass is 16.5. The molecule has 0 atom stereocenters. The van der Waals surface area contributed by atoms with Gasteiger partial charge in [-0.2, -0.15) is 5.26 Å². The predicted octanol–water partition coefficient (Wildman–Crippen LogP) is 4.92. The first-order valence-electron chi connectivity index (χ1n) is 10.2. The minimum Gasteiger partial charge on any atom is -0.465 e. The molecule has 30 heavy (non-hydrogen) atoms. The average molecular weight is 406 g/mol. The second-order valence-electron chi connectivity index (χ2n) is 7.48. The maximum Gasteiger partial charge on any atom is 0.349 e. The molecule has 0 fully saturated rings. The van der Waals surface area contributed by atoms with Crippen molar-refractivity contribution in [2.24, 2.45) is 0 Å². The Kier molecular flexibility index (Phi) is 7.08. The van der Waals surface area contributed by atoms with E-state index in [1.165, 1.54) is 30.8 Å². The Morgan fingerprint density at radius 2 is 2.17 bits per heavy atom. The molecule has 0 spiro atoms. The molecule has 6 nitrogen and oxygen atoms in total. The number of esters is 1. The summed E-state index contributed by atoms with van der Waals surface area (Å²) in [4.78, 5) is 24.8. The molecule has 0 aliphatic heterocycles. The molecule has 2 aromatic heterocycles. The summed E-state index contributed by atoms with van der Waals surface area (Å²) in [7, 11) is 0. The second kappa shape index (κ2) is 9.93. The quantitative estimate of drug-likeness (QED) is 0.204. The Labute approximate surface area is 176 Å². The van der Waals surface area contributed by atoms with Gasteiger partial charge in [0.25, 0.3) is 0 Å². The Morgan fingerprint density at radius 3 is 2.83 bits per heavy atom. The zero-order valence-corrected chi connectivity index (χ0v) is 17.4. The van der Waals surface area contributed by atoms with Crippen LogP contribution in [-0.2, 0) is 16.1 Å². The molecule has 0 saturated carbocycles. The number of carbonyl (C=O) groups is 2. The van der Waals surface area contributed by atoms with Crippen molar-refractivity contribution in [3.63, 3.8) is 0 Å². The molecule has 0 amide bonds. The molecule has 1 aliphatic carbocycles. The van der Waals surface area contributed by atoms with Crippen molar-refractivity contribution in [3.05, 3.63) is 64.4 Å². The number of aryl methyl sites for hydroxylation is 1. The summed E-state index contributed by atoms with van der Waals surface area (Å²) < 4.78 is 12.3. The van der Waals surface area contributed by atoms with Crippen LogP contribution < -0.4 is 0 Å². The largest absolute Gasteiger partial charge is 0.465 e. The van der Waals surface area contributed by atoms with Crippen LogP contribution in [0, 0.1) is 25.2 Å². The van der Waals surface area contributed by atoms with Crippen LogP contribution in [0.15, 0.2) is 46.1 Å². The fraction of sp³-hybridized carbons (Fsp3) is 0.375. The topological polar surface area (TPSA) is 85.2 Å². The molecule has 0 radical (unpaired) electrons. The lowest BCUT2D eigenvalue weighted by Crippen LogP contribution is -2.16. The van der Waals surface area contributed by atoms with Crippen molar-refractivity contribution in [2.45, 2.75) is 52.5 Å². The van der Waals surface area contributed by atoms with E-state index in [0.717, 1.165) is 37.2 Å². The normalized spacial score (nSPS) is 14.2. The number of hydrogen-bond donors (Lipinski definition) is 0. The van der Waals surface area contributed by atoms with E-state index in [9.17, 15) is 14.9 Å². The maximum absolute atomic E-state index is 12.6. The average Bonchev–Trinajstić information content (AvgIpc) is 3.37. The summed E-state index contributed by atoms with van der Waals surface area (Å²) in [5.74, 6) is -0.762. The third kappa shape index (κ3) is 5.18. The van der Waals surface area contributed by atoms with E-state index in [4.69, 9.17) is 9.15 Å². The lowest BCUT2D eigenvalue weighted by Gasteiger charge is -2.15. The summed E-state index contributed by atoms with van der Waals surface area (Å²) >= 11 is 0. The molecular weight excluding hydrogens is 380 g/mol. The van der Waals surface area contributed by atoms with Crippen LogP contribution in [0.25, 0.3) is 6.08 Å². The highest BCUT2D eigenvalue weighted by molar-refractivity contribution is 6.02. The van der Waals surface area contributed by atoms with Crippen molar-refractivity contribution in [2.75, 3.05) is 6.61 Å². The van der Waals surface area contributed by atoms with E-state index >= 15 is 0 Å². The Hall–Kier alpha value is -3.33. The van der Waals surface area contributed by atoms with Gasteiger partial charge in [-0.1, -0.05) is 11.6 Å². The Balaban J connectivity index is 1.62. The van der Waals surface area contributed by atoms with Gasteiger partial charge in [-0.15, -0.1) is 0 Å². The number of allylic oxidation sites excluding steroid dienone is 2. The SMILES string of the molecule is Cc1cc(C(=O)COC(=O)/C(C#N)=C/c2ccco2)c(C)n1CCC1=CCCCC1. The molecule has 0 N–H and O–H groups in total. The van der Waals surface area contributed by atoms with Crippen LogP contribution >= 0.6 is 0 Å². The van der Waals surface area contributed by atoms with Gasteiger partial charge in [-0.3, -0.25) is 4.79 Å². The molecule has 2 aromatic rings. The number of nitriles is 1. The van der Waals surface area contributed by atoms with Crippen LogP contribution in [0.5, 0.6) is 0 Å². The van der Waals surface area contributed by atoms with Gasteiger partial charge in [0.1, 0.15) is 17.4 Å². The molecule has 2 heterocycles. The number of rotatable bonds is 8. The molecule has 1 aliphatic rings. The molecule has 0 bridgehead atoms. The van der Waals surface area contributed by atoms with Crippen molar-refractivity contribution in [1.29, 1.82) is 5.26 Å². The Morgan fingerprint density at radius 1 is 1.33 bits per heavy atom. The standard InChI is InChI=1S/C24H26N2O4/c1-17-13-22(18(2)26(17)11-10-19-7-4-3-5-8-19)23(27)16-30-24(28)20(15-25)14-21-9-6-12-29-21/h6-7,9,12-14H,3-5,8,10-11,16H2,1-2H3/b20-14+. The maximum atomic E-state index is 12.6. The van der Waals surface area contributed by atoms with Gasteiger partial charge >= 0.3 is 5.97 Å². The number of nitrogens with zero attached hydrogens (tertiary/aromatic N) is 2. The van der Waals surface area contributed by atoms with E-state index in [2.05, 4.69) is 10.6 Å². The number of Topliss-reactive ketones (excluding diaryl/α,β-unsaturated/α-hetero) is 1. The van der Waals surface area contributed by atoms with E-state index in [0.29, 0.717) is 11.3 Å². The molecule has 6 heteroatoms. The summed E-state index contributed by atoms with van der Waals surface area (Å²) in [5.41, 5.74) is 3.70. The lowest BCUT2D eigenvalue weighted by molar-refractivity contribution is -0.137. The third-order valence-electron chi connectivity index (χ3n) is 5.42. The Bertz CT molecular complexity index is 1020. The summed E-state index contributed by atoms with van der Waals surface area (Å²) in [5, 5.41) is 9.17. The van der Waals surface area contributed by atoms with E-state index in [1.807, 2.05) is 19.9 Å². The first-order chi connectivity index (χ1) is 14.5. The van der Waals surface area contributed by atoms with Crippen molar-refractivity contribution in [1.82, 2.24) is 4.57 Å². The minimum atomic E-state index is -0.847. The monoisotopic (exact) mass is 406 g/mol. The van der Waals surface area contributed by atoms with Crippen molar-refractivity contribution >= 4 is 17.8 Å². The molecule has 3 rings (SSSR count). The second-order valence-corrected chi connectivity index (χ2v) is 7.48. The first kappa shape index (κ1) is 21.4. The smallest absolute Gasteiger partial charge is 0.349 e. The van der Waals surface area contributed by atoms with Crippen LogP contribution in [-0.4, -0.2) is 22.9 Å². The van der Waals surface area contributed by atoms with E-state index < -0.39 is 12.6 Å². The van der Waals surface area contributed by atoms with Crippen LogP contribution in [0.4, 0.5) is 0 Å². The van der Waals surface area contributed by atoms with Gasteiger partial charge in [-0.25, -0.2) is 4.79 Å². The number of aromatic nitrogens is 1. The highest BCUT2D eigenvalue weighted by Crippen LogP contribution is 2.23. The van der Waals surface area contributed by atoms with Crippen molar-refractivity contribution in [3.8, 4) is 6.07 Å². The van der Waals surface area contributed by atoms with Crippen molar-refractivity contribution < 1.29 is 18.7 Å². The number of ether oxygens (including phenoxy) is 1. The number of furan rings is 1. The summed E-state index contributed by atoms with van der Waals surface area (Å²) in [6.45, 7) is 4.31. The molecule has 156 valence electrons. The fourth-order valence-corrected chi connectivity index (χ4v) is 3.75. The predicted molar refractivity (Wildman–Crippen MR) is 113 cm³/mol. The number of ketones is 1. The van der Waals surface area contributed by atoms with Gasteiger partial charge in [-0.05, 0) is 64.2 Å². The third-order valence-corrected chi connectivity index (χ3v) is 5.42. The van der Waals surface area contributed by atoms with Crippen LogP contribution in [0.3, 0.4) is 0 Å². The van der Waals surface area contributed by atoms with Gasteiger partial charge in [0, 0.05) is 29.6 Å². The molecule has 0 saturated heterocycles. The minimum absolute atomic E-state index is 0.219. The number of hydrogen-bond acceptors (Lipinski definition) is 5. The number of carbonyl (C=O) groups excluding carboxylic acids is 2. The van der Waals surface area contributed by atoms with E-state index in [1.54, 1.807) is 18.2 Å². The highest BCUT2D eigenvalue weighted by Gasteiger charge is 2.19. The van der Waals surface area contributed by atoms with Gasteiger partial charge < -0.3 is 13.7 Å². The lowest BCUT2D eigenvalue weighted by atomic mass is 9.97. The van der Waals surface area contributed by atoms with Gasteiger partial charge in [0.2, 0.25) is 5.78 Å². The molecule has 0 aromatic carbocycles. The van der Waals surface area contributed by atoms with Crippen LogP contribution in [0.1, 0.15) is 59.6 Å². The summed E-state index contributed by atoms with van der Waals surface area (Å²) in [6.07, 6.45) is 10.9. The fourth-order valence-electron chi connectivity index (χ4n) is 3.75. The van der Waals surface area contributed by atoms with E-state index in [-0.39, 0.29) is 11.4 Å². The zero-order valence-electron chi connectivity index (χ0n) is 17.4. The summed E-state index contributed by atoms with van der Waals surface area (Å²) in [6, 6.07) is 6.89.